The third-order valence-electron chi connectivity index (χ3n) is 4.69. The Labute approximate surface area is 154 Å². The van der Waals surface area contributed by atoms with Gasteiger partial charge in [0.2, 0.25) is 0 Å². The molecule has 0 aliphatic rings. The zero-order chi connectivity index (χ0) is 19.1. The summed E-state index contributed by atoms with van der Waals surface area (Å²) in [5, 5.41) is 4.33. The molecule has 2 heterocycles. The van der Waals surface area contributed by atoms with Gasteiger partial charge in [-0.05, 0) is 49.2 Å². The Hall–Kier alpha value is -3.15. The number of fused-ring (bicyclic) bond motifs is 1. The maximum atomic E-state index is 14.2. The Balaban J connectivity index is 2.00. The maximum absolute atomic E-state index is 14.2. The fourth-order valence-electron chi connectivity index (χ4n) is 3.05. The van der Waals surface area contributed by atoms with Crippen molar-refractivity contribution in [3.63, 3.8) is 0 Å². The number of pyridine rings is 1. The van der Waals surface area contributed by atoms with Crippen molar-refractivity contribution in [2.24, 2.45) is 0 Å². The van der Waals surface area contributed by atoms with E-state index in [2.05, 4.69) is 10.1 Å². The van der Waals surface area contributed by atoms with E-state index < -0.39 is 12.2 Å². The second kappa shape index (κ2) is 6.54. The van der Waals surface area contributed by atoms with Crippen LogP contribution in [0, 0.1) is 19.7 Å². The third-order valence-corrected chi connectivity index (χ3v) is 4.69. The number of aryl methyl sites for hydroxylation is 2. The van der Waals surface area contributed by atoms with Crippen LogP contribution in [0.3, 0.4) is 0 Å². The van der Waals surface area contributed by atoms with Crippen molar-refractivity contribution >= 4 is 11.0 Å². The van der Waals surface area contributed by atoms with E-state index in [1.807, 2.05) is 32.0 Å². The van der Waals surface area contributed by atoms with Gasteiger partial charge in [-0.15, -0.1) is 0 Å². The fraction of sp³-hybridized carbons (Fsp3) is 0.143. The molecule has 0 radical (unpaired) electrons. The van der Waals surface area contributed by atoms with Crippen LogP contribution in [0.15, 0.2) is 54.7 Å². The van der Waals surface area contributed by atoms with Gasteiger partial charge in [0, 0.05) is 16.5 Å². The average molecular weight is 367 g/mol. The van der Waals surface area contributed by atoms with Crippen molar-refractivity contribution < 1.29 is 13.2 Å². The van der Waals surface area contributed by atoms with Crippen LogP contribution in [0.4, 0.5) is 13.2 Å². The lowest BCUT2D eigenvalue weighted by Crippen LogP contribution is -2.02. The number of nitrogens with zero attached hydrogens (tertiary/aromatic N) is 3. The van der Waals surface area contributed by atoms with Crippen molar-refractivity contribution in [2.45, 2.75) is 20.3 Å². The zero-order valence-electron chi connectivity index (χ0n) is 14.7. The molecule has 2 aromatic carbocycles. The molecule has 0 spiro atoms. The van der Waals surface area contributed by atoms with E-state index in [1.165, 1.54) is 29.1 Å². The summed E-state index contributed by atoms with van der Waals surface area (Å²) >= 11 is 0. The number of hydrogen-bond donors (Lipinski definition) is 0. The zero-order valence-corrected chi connectivity index (χ0v) is 14.7. The number of alkyl halides is 2. The molecule has 3 nitrogen and oxygen atoms in total. The van der Waals surface area contributed by atoms with Gasteiger partial charge in [0.15, 0.2) is 5.65 Å². The molecule has 0 aliphatic carbocycles. The van der Waals surface area contributed by atoms with Crippen LogP contribution in [0.1, 0.15) is 23.1 Å². The molecule has 4 rings (SSSR count). The van der Waals surface area contributed by atoms with E-state index in [0.717, 1.165) is 16.7 Å². The van der Waals surface area contributed by atoms with Gasteiger partial charge in [-0.1, -0.05) is 24.3 Å². The standard InChI is InChI=1S/C21H16F3N3/c1-12-7-8-14(9-13(12)2)18-10-15(20(23)24)16-11-25-27(21(16)26-18)19-6-4-3-5-17(19)22/h3-11,20H,1-2H3. The van der Waals surface area contributed by atoms with Crippen LogP contribution in [0.2, 0.25) is 0 Å². The molecular formula is C21H16F3N3. The lowest BCUT2D eigenvalue weighted by atomic mass is 10.0. The van der Waals surface area contributed by atoms with Crippen LogP contribution < -0.4 is 0 Å². The molecule has 0 saturated heterocycles. The van der Waals surface area contributed by atoms with Gasteiger partial charge >= 0.3 is 0 Å². The van der Waals surface area contributed by atoms with Crippen LogP contribution in [0.25, 0.3) is 28.0 Å². The maximum Gasteiger partial charge on any atom is 0.264 e. The highest BCUT2D eigenvalue weighted by Gasteiger charge is 2.20. The molecule has 0 fully saturated rings. The van der Waals surface area contributed by atoms with Crippen molar-refractivity contribution in [1.82, 2.24) is 14.8 Å². The Morgan fingerprint density at radius 2 is 1.74 bits per heavy atom. The van der Waals surface area contributed by atoms with Gasteiger partial charge in [0.1, 0.15) is 11.5 Å². The normalized spacial score (nSPS) is 11.5. The minimum absolute atomic E-state index is 0.164. The molecular weight excluding hydrogens is 351 g/mol. The number of halogens is 3. The summed E-state index contributed by atoms with van der Waals surface area (Å²) in [4.78, 5) is 4.54. The predicted molar refractivity (Wildman–Crippen MR) is 98.7 cm³/mol. The first-order chi connectivity index (χ1) is 13.0. The SMILES string of the molecule is Cc1ccc(-c2cc(C(F)F)c3cnn(-c4ccccc4F)c3n2)cc1C. The van der Waals surface area contributed by atoms with Gasteiger partial charge in [0.25, 0.3) is 6.43 Å². The number of hydrogen-bond acceptors (Lipinski definition) is 2. The number of rotatable bonds is 3. The van der Waals surface area contributed by atoms with Crippen LogP contribution in [-0.4, -0.2) is 14.8 Å². The molecule has 136 valence electrons. The lowest BCUT2D eigenvalue weighted by molar-refractivity contribution is 0.153. The van der Waals surface area contributed by atoms with Crippen molar-refractivity contribution in [2.75, 3.05) is 0 Å². The second-order valence-corrected chi connectivity index (χ2v) is 6.44. The molecule has 4 aromatic rings. The summed E-state index contributed by atoms with van der Waals surface area (Å²) in [5.41, 5.74) is 3.46. The average Bonchev–Trinajstić information content (AvgIpc) is 3.07. The summed E-state index contributed by atoms with van der Waals surface area (Å²) in [5.74, 6) is -0.500. The van der Waals surface area contributed by atoms with Crippen molar-refractivity contribution in [1.29, 1.82) is 0 Å². The molecule has 0 N–H and O–H groups in total. The topological polar surface area (TPSA) is 30.7 Å². The summed E-state index contributed by atoms with van der Waals surface area (Å²) < 4.78 is 42.9. The van der Waals surface area contributed by atoms with Gasteiger partial charge in [-0.25, -0.2) is 22.8 Å². The molecule has 0 unspecified atom stereocenters. The van der Waals surface area contributed by atoms with E-state index in [0.29, 0.717) is 5.69 Å². The van der Waals surface area contributed by atoms with Crippen LogP contribution in [-0.2, 0) is 0 Å². The smallest absolute Gasteiger partial charge is 0.228 e. The van der Waals surface area contributed by atoms with E-state index in [-0.39, 0.29) is 22.3 Å². The molecule has 0 aliphatic heterocycles. The molecule has 2 aromatic heterocycles. The third kappa shape index (κ3) is 2.97. The number of benzene rings is 2. The highest BCUT2D eigenvalue weighted by Crippen LogP contribution is 2.32. The van der Waals surface area contributed by atoms with E-state index in [4.69, 9.17) is 0 Å². The highest BCUT2D eigenvalue weighted by atomic mass is 19.3. The quantitative estimate of drug-likeness (QED) is 0.459. The first kappa shape index (κ1) is 17.3. The fourth-order valence-corrected chi connectivity index (χ4v) is 3.05. The van der Waals surface area contributed by atoms with Crippen LogP contribution >= 0.6 is 0 Å². The molecule has 0 amide bonds. The Morgan fingerprint density at radius 3 is 2.44 bits per heavy atom. The van der Waals surface area contributed by atoms with Gasteiger partial charge in [-0.3, -0.25) is 0 Å². The Morgan fingerprint density at radius 1 is 0.963 bits per heavy atom. The molecule has 6 heteroatoms. The van der Waals surface area contributed by atoms with Gasteiger partial charge in [0.05, 0.1) is 11.9 Å². The van der Waals surface area contributed by atoms with Crippen LogP contribution in [0.5, 0.6) is 0 Å². The van der Waals surface area contributed by atoms with Gasteiger partial charge in [-0.2, -0.15) is 5.10 Å². The molecule has 0 bridgehead atoms. The summed E-state index contributed by atoms with van der Waals surface area (Å²) in [6.07, 6.45) is -1.39. The molecule has 0 atom stereocenters. The summed E-state index contributed by atoms with van der Waals surface area (Å²) in [7, 11) is 0. The minimum atomic E-state index is -2.70. The summed E-state index contributed by atoms with van der Waals surface area (Å²) in [6, 6.07) is 13.1. The largest absolute Gasteiger partial charge is 0.264 e. The van der Waals surface area contributed by atoms with Crippen molar-refractivity contribution in [3.05, 3.63) is 77.2 Å². The Kier molecular flexibility index (Phi) is 4.18. The number of aromatic nitrogens is 3. The summed E-state index contributed by atoms with van der Waals surface area (Å²) in [6.45, 7) is 3.93. The second-order valence-electron chi connectivity index (χ2n) is 6.44. The van der Waals surface area contributed by atoms with Crippen molar-refractivity contribution in [3.8, 4) is 16.9 Å². The predicted octanol–water partition coefficient (Wildman–Crippen LogP) is 5.78. The molecule has 27 heavy (non-hydrogen) atoms. The van der Waals surface area contributed by atoms with Gasteiger partial charge < -0.3 is 0 Å². The monoisotopic (exact) mass is 367 g/mol. The molecule has 0 saturated carbocycles. The number of para-hydroxylation sites is 1. The van der Waals surface area contributed by atoms with E-state index >= 15 is 0 Å². The van der Waals surface area contributed by atoms with E-state index in [9.17, 15) is 13.2 Å². The first-order valence-corrected chi connectivity index (χ1v) is 8.45. The van der Waals surface area contributed by atoms with E-state index in [1.54, 1.807) is 12.1 Å². The minimum Gasteiger partial charge on any atom is -0.228 e. The highest BCUT2D eigenvalue weighted by molar-refractivity contribution is 5.84. The Bertz CT molecular complexity index is 1150. The lowest BCUT2D eigenvalue weighted by Gasteiger charge is -2.10. The first-order valence-electron chi connectivity index (χ1n) is 8.45.